The van der Waals surface area contributed by atoms with Gasteiger partial charge in [-0.2, -0.15) is 0 Å². The number of piperidine rings is 1. The monoisotopic (exact) mass is 392 g/mol. The molecule has 0 radical (unpaired) electrons. The van der Waals surface area contributed by atoms with Crippen molar-refractivity contribution in [2.75, 3.05) is 31.1 Å². The number of hydrogen-bond acceptors (Lipinski definition) is 3. The molecule has 1 spiro atoms. The van der Waals surface area contributed by atoms with Gasteiger partial charge in [-0.15, -0.1) is 0 Å². The maximum absolute atomic E-state index is 2.73. The average molecular weight is 393 g/mol. The van der Waals surface area contributed by atoms with E-state index in [9.17, 15) is 0 Å². The van der Waals surface area contributed by atoms with Gasteiger partial charge < -0.3 is 9.80 Å². The molecule has 28 heavy (non-hydrogen) atoms. The highest BCUT2D eigenvalue weighted by Crippen LogP contribution is 2.48. The summed E-state index contributed by atoms with van der Waals surface area (Å²) in [7, 11) is 0. The molecule has 0 aromatic heterocycles. The van der Waals surface area contributed by atoms with Crippen LogP contribution in [-0.2, 0) is 0 Å². The molecular weight excluding hydrogens is 360 g/mol. The molecule has 2 aromatic carbocycles. The molecule has 3 aliphatic rings. The third kappa shape index (κ3) is 3.71. The van der Waals surface area contributed by atoms with Crippen LogP contribution in [0.4, 0.5) is 11.4 Å². The van der Waals surface area contributed by atoms with E-state index in [2.05, 4.69) is 58.3 Å². The average Bonchev–Trinajstić information content (AvgIpc) is 2.75. The van der Waals surface area contributed by atoms with Crippen molar-refractivity contribution in [3.8, 4) is 0 Å². The van der Waals surface area contributed by atoms with Crippen molar-refractivity contribution in [1.82, 2.24) is 4.90 Å². The second-order valence-corrected chi connectivity index (χ2v) is 10.0. The summed E-state index contributed by atoms with van der Waals surface area (Å²) in [5.41, 5.74) is 3.48. The number of anilines is 2. The van der Waals surface area contributed by atoms with Crippen molar-refractivity contribution in [3.63, 3.8) is 0 Å². The number of likely N-dealkylation sites (tertiary alicyclic amines) is 1. The highest BCUT2D eigenvalue weighted by atomic mass is 32.2. The van der Waals surface area contributed by atoms with Crippen LogP contribution in [0.5, 0.6) is 0 Å². The lowest BCUT2D eigenvalue weighted by Gasteiger charge is -2.44. The SMILES string of the molecule is c1ccc2c(c1)Sc1ccccc1N2CCCN1CCC2(CCCCC2)CC1. The Morgan fingerprint density at radius 2 is 1.32 bits per heavy atom. The highest BCUT2D eigenvalue weighted by molar-refractivity contribution is 7.99. The van der Waals surface area contributed by atoms with Crippen LogP contribution in [0, 0.1) is 5.41 Å². The number of hydrogen-bond donors (Lipinski definition) is 0. The van der Waals surface area contributed by atoms with Gasteiger partial charge in [-0.25, -0.2) is 0 Å². The van der Waals surface area contributed by atoms with Crippen molar-refractivity contribution < 1.29 is 0 Å². The van der Waals surface area contributed by atoms with E-state index in [1.165, 1.54) is 92.2 Å². The topological polar surface area (TPSA) is 6.48 Å². The van der Waals surface area contributed by atoms with Gasteiger partial charge in [-0.3, -0.25) is 0 Å². The summed E-state index contributed by atoms with van der Waals surface area (Å²) in [6.45, 7) is 4.99. The number of para-hydroxylation sites is 2. The Labute approximate surface area is 174 Å². The molecule has 2 heterocycles. The van der Waals surface area contributed by atoms with Gasteiger partial charge in [0.25, 0.3) is 0 Å². The van der Waals surface area contributed by atoms with Crippen LogP contribution in [0.3, 0.4) is 0 Å². The summed E-state index contributed by atoms with van der Waals surface area (Å²) in [6, 6.07) is 17.8. The van der Waals surface area contributed by atoms with Gasteiger partial charge in [0.15, 0.2) is 0 Å². The minimum absolute atomic E-state index is 0.719. The summed E-state index contributed by atoms with van der Waals surface area (Å²) in [4.78, 5) is 8.06. The van der Waals surface area contributed by atoms with E-state index in [1.54, 1.807) is 0 Å². The fourth-order valence-electron chi connectivity index (χ4n) is 5.53. The zero-order chi connectivity index (χ0) is 18.8. The van der Waals surface area contributed by atoms with Crippen LogP contribution in [0.25, 0.3) is 0 Å². The maximum atomic E-state index is 2.73. The largest absolute Gasteiger partial charge is 0.340 e. The van der Waals surface area contributed by atoms with E-state index in [4.69, 9.17) is 0 Å². The van der Waals surface area contributed by atoms with Crippen molar-refractivity contribution in [1.29, 1.82) is 0 Å². The molecule has 148 valence electrons. The summed E-state index contributed by atoms with van der Waals surface area (Å²) in [5.74, 6) is 0. The lowest BCUT2D eigenvalue weighted by Crippen LogP contribution is -2.42. The molecule has 0 bridgehead atoms. The minimum Gasteiger partial charge on any atom is -0.340 e. The summed E-state index contributed by atoms with van der Waals surface area (Å²) in [6.07, 6.45) is 11.6. The van der Waals surface area contributed by atoms with E-state index in [0.29, 0.717) is 0 Å². The van der Waals surface area contributed by atoms with E-state index in [-0.39, 0.29) is 0 Å². The van der Waals surface area contributed by atoms with E-state index < -0.39 is 0 Å². The molecule has 5 rings (SSSR count). The molecule has 0 N–H and O–H groups in total. The number of benzene rings is 2. The molecule has 1 saturated carbocycles. The molecule has 2 fully saturated rings. The first kappa shape index (κ1) is 18.6. The standard InChI is InChI=1S/C25H32N2S/c1-6-13-25(14-7-1)15-19-26(20-16-25)17-8-18-27-21-9-2-4-11-23(21)28-24-12-5-3-10-22(24)27/h2-5,9-12H,1,6-8,13-20H2. The number of rotatable bonds is 4. The van der Waals surface area contributed by atoms with Crippen LogP contribution in [0.15, 0.2) is 58.3 Å². The number of fused-ring (bicyclic) bond motifs is 2. The van der Waals surface area contributed by atoms with Crippen molar-refractivity contribution in [2.45, 2.75) is 61.2 Å². The Morgan fingerprint density at radius 1 is 0.714 bits per heavy atom. The van der Waals surface area contributed by atoms with Gasteiger partial charge in [0.05, 0.1) is 11.4 Å². The molecular formula is C25H32N2S. The van der Waals surface area contributed by atoms with Crippen LogP contribution < -0.4 is 4.90 Å². The van der Waals surface area contributed by atoms with E-state index in [0.717, 1.165) is 12.0 Å². The van der Waals surface area contributed by atoms with E-state index >= 15 is 0 Å². The predicted molar refractivity (Wildman–Crippen MR) is 120 cm³/mol. The first-order valence-electron chi connectivity index (χ1n) is 11.2. The van der Waals surface area contributed by atoms with Gasteiger partial charge in [0.2, 0.25) is 0 Å². The summed E-state index contributed by atoms with van der Waals surface area (Å²) < 4.78 is 0. The minimum atomic E-state index is 0.719. The van der Waals surface area contributed by atoms with Crippen molar-refractivity contribution >= 4 is 23.1 Å². The molecule has 2 nitrogen and oxygen atoms in total. The van der Waals surface area contributed by atoms with Gasteiger partial charge >= 0.3 is 0 Å². The Hall–Kier alpha value is -1.45. The summed E-state index contributed by atoms with van der Waals surface area (Å²) >= 11 is 1.91. The first-order valence-corrected chi connectivity index (χ1v) is 12.0. The summed E-state index contributed by atoms with van der Waals surface area (Å²) in [5, 5.41) is 0. The third-order valence-corrected chi connectivity index (χ3v) is 8.35. The smallest absolute Gasteiger partial charge is 0.0552 e. The fraction of sp³-hybridized carbons (Fsp3) is 0.520. The zero-order valence-corrected chi connectivity index (χ0v) is 17.7. The third-order valence-electron chi connectivity index (χ3n) is 7.22. The molecule has 0 amide bonds. The molecule has 0 unspecified atom stereocenters. The zero-order valence-electron chi connectivity index (χ0n) is 16.9. The van der Waals surface area contributed by atoms with Crippen molar-refractivity contribution in [2.24, 2.45) is 5.41 Å². The molecule has 1 saturated heterocycles. The molecule has 3 heteroatoms. The second-order valence-electron chi connectivity index (χ2n) is 8.95. The Kier molecular flexibility index (Phi) is 5.38. The van der Waals surface area contributed by atoms with Gasteiger partial charge in [-0.05, 0) is 81.4 Å². The van der Waals surface area contributed by atoms with Crippen LogP contribution in [0.2, 0.25) is 0 Å². The van der Waals surface area contributed by atoms with Crippen LogP contribution in [-0.4, -0.2) is 31.1 Å². The first-order chi connectivity index (χ1) is 13.8. The molecule has 2 aliphatic heterocycles. The lowest BCUT2D eigenvalue weighted by molar-refractivity contribution is 0.0676. The Balaban J connectivity index is 1.21. The second kappa shape index (κ2) is 8.12. The van der Waals surface area contributed by atoms with Gasteiger partial charge in [0, 0.05) is 16.3 Å². The molecule has 1 aliphatic carbocycles. The maximum Gasteiger partial charge on any atom is 0.0552 e. The normalized spacial score (nSPS) is 21.4. The quantitative estimate of drug-likeness (QED) is 0.570. The van der Waals surface area contributed by atoms with Crippen molar-refractivity contribution in [3.05, 3.63) is 48.5 Å². The van der Waals surface area contributed by atoms with E-state index in [1.807, 2.05) is 11.8 Å². The van der Waals surface area contributed by atoms with Crippen LogP contribution in [0.1, 0.15) is 51.4 Å². The predicted octanol–water partition coefficient (Wildman–Crippen LogP) is 6.73. The highest BCUT2D eigenvalue weighted by Gasteiger charge is 2.35. The Morgan fingerprint density at radius 3 is 1.96 bits per heavy atom. The lowest BCUT2D eigenvalue weighted by atomic mass is 9.68. The van der Waals surface area contributed by atoms with Gasteiger partial charge in [0.1, 0.15) is 0 Å². The van der Waals surface area contributed by atoms with Crippen LogP contribution >= 0.6 is 11.8 Å². The number of nitrogens with zero attached hydrogens (tertiary/aromatic N) is 2. The molecule has 0 atom stereocenters. The van der Waals surface area contributed by atoms with Gasteiger partial charge in [-0.1, -0.05) is 55.3 Å². The Bertz CT molecular complexity index is 756. The fourth-order valence-corrected chi connectivity index (χ4v) is 6.62. The molecule has 2 aromatic rings.